The molecule has 1 heterocycles. The molecule has 2 aromatic rings. The van der Waals surface area contributed by atoms with Crippen molar-refractivity contribution < 1.29 is 14.3 Å². The third-order valence-electron chi connectivity index (χ3n) is 4.14. The molecular weight excluding hydrogens is 304 g/mol. The van der Waals surface area contributed by atoms with E-state index in [0.717, 1.165) is 17.7 Å². The van der Waals surface area contributed by atoms with Crippen LogP contribution in [0.5, 0.6) is 5.75 Å². The highest BCUT2D eigenvalue weighted by Crippen LogP contribution is 2.25. The topological polar surface area (TPSA) is 58.6 Å². The van der Waals surface area contributed by atoms with Gasteiger partial charge in [0.25, 0.3) is 5.91 Å². The van der Waals surface area contributed by atoms with Gasteiger partial charge in [0.05, 0.1) is 7.11 Å². The largest absolute Gasteiger partial charge is 0.497 e. The first-order valence-electron chi connectivity index (χ1n) is 7.89. The van der Waals surface area contributed by atoms with Crippen molar-refractivity contribution in [3.63, 3.8) is 0 Å². The Hall–Kier alpha value is -2.82. The zero-order valence-electron chi connectivity index (χ0n) is 13.8. The number of anilines is 1. The second kappa shape index (κ2) is 6.74. The van der Waals surface area contributed by atoms with Crippen molar-refractivity contribution in [2.45, 2.75) is 19.9 Å². The van der Waals surface area contributed by atoms with Gasteiger partial charge in [0, 0.05) is 31.3 Å². The van der Waals surface area contributed by atoms with Crippen LogP contribution >= 0.6 is 0 Å². The second-order valence-electron chi connectivity index (χ2n) is 5.87. The third-order valence-corrected chi connectivity index (χ3v) is 4.14. The van der Waals surface area contributed by atoms with Gasteiger partial charge in [0.15, 0.2) is 0 Å². The van der Waals surface area contributed by atoms with Gasteiger partial charge in [-0.15, -0.1) is 0 Å². The van der Waals surface area contributed by atoms with Crippen LogP contribution in [0.15, 0.2) is 42.5 Å². The van der Waals surface area contributed by atoms with Crippen LogP contribution in [-0.4, -0.2) is 30.4 Å². The van der Waals surface area contributed by atoms with Gasteiger partial charge in [-0.1, -0.05) is 12.1 Å². The van der Waals surface area contributed by atoms with E-state index in [4.69, 9.17) is 4.74 Å². The van der Waals surface area contributed by atoms with E-state index >= 15 is 0 Å². The molecule has 2 amide bonds. The minimum absolute atomic E-state index is 0.0244. The molecular formula is C19H20N2O3. The molecule has 5 heteroatoms. The maximum absolute atomic E-state index is 12.8. The summed E-state index contributed by atoms with van der Waals surface area (Å²) in [5, 5.41) is 2.71. The highest BCUT2D eigenvalue weighted by Gasteiger charge is 2.22. The van der Waals surface area contributed by atoms with E-state index in [1.165, 1.54) is 12.5 Å². The van der Waals surface area contributed by atoms with Crippen LogP contribution in [0.1, 0.15) is 28.4 Å². The average molecular weight is 324 g/mol. The van der Waals surface area contributed by atoms with Crippen LogP contribution in [0.4, 0.5) is 5.69 Å². The number of benzene rings is 2. The molecule has 0 bridgehead atoms. The zero-order chi connectivity index (χ0) is 17.1. The molecule has 1 aliphatic rings. The molecule has 0 aliphatic carbocycles. The summed E-state index contributed by atoms with van der Waals surface area (Å²) >= 11 is 0. The van der Waals surface area contributed by atoms with E-state index in [9.17, 15) is 9.59 Å². The van der Waals surface area contributed by atoms with Gasteiger partial charge in [0.2, 0.25) is 5.91 Å². The van der Waals surface area contributed by atoms with Crippen molar-refractivity contribution in [3.8, 4) is 5.75 Å². The monoisotopic (exact) mass is 324 g/mol. The number of fused-ring (bicyclic) bond motifs is 1. The fourth-order valence-electron chi connectivity index (χ4n) is 2.95. The Bertz CT molecular complexity index is 786. The predicted octanol–water partition coefficient (Wildman–Crippen LogP) is 2.85. The molecule has 0 spiro atoms. The van der Waals surface area contributed by atoms with Crippen LogP contribution in [-0.2, 0) is 17.8 Å². The summed E-state index contributed by atoms with van der Waals surface area (Å²) in [6.45, 7) is 2.70. The second-order valence-corrected chi connectivity index (χ2v) is 5.87. The Morgan fingerprint density at radius 1 is 1.12 bits per heavy atom. The van der Waals surface area contributed by atoms with Crippen molar-refractivity contribution >= 4 is 17.5 Å². The Morgan fingerprint density at radius 3 is 2.71 bits per heavy atom. The van der Waals surface area contributed by atoms with Gasteiger partial charge in [0.1, 0.15) is 5.75 Å². The molecule has 0 atom stereocenters. The first kappa shape index (κ1) is 16.1. The molecule has 0 saturated heterocycles. The van der Waals surface area contributed by atoms with E-state index in [1.807, 2.05) is 23.1 Å². The number of hydrogen-bond donors (Lipinski definition) is 1. The first-order chi connectivity index (χ1) is 11.6. The summed E-state index contributed by atoms with van der Waals surface area (Å²) < 4.78 is 5.25. The quantitative estimate of drug-likeness (QED) is 0.944. The number of carbonyl (C=O) groups is 2. The number of amides is 2. The lowest BCUT2D eigenvalue weighted by atomic mass is 9.98. The molecule has 0 aromatic heterocycles. The van der Waals surface area contributed by atoms with Crippen molar-refractivity contribution in [3.05, 3.63) is 59.2 Å². The third kappa shape index (κ3) is 3.40. The Morgan fingerprint density at radius 2 is 1.96 bits per heavy atom. The summed E-state index contributed by atoms with van der Waals surface area (Å²) in [6, 6.07) is 13.0. The molecule has 0 saturated carbocycles. The van der Waals surface area contributed by atoms with Crippen LogP contribution in [0, 0.1) is 0 Å². The normalized spacial score (nSPS) is 13.2. The Balaban J connectivity index is 1.77. The summed E-state index contributed by atoms with van der Waals surface area (Å²) in [5.74, 6) is 0.667. The SMILES string of the molecule is COc1ccc2c(c1)CCN(C(=O)c1cccc(NC(C)=O)c1)C2. The standard InChI is InChI=1S/C19H20N2O3/c1-13(22)20-17-5-3-4-15(10-17)19(23)21-9-8-14-11-18(24-2)7-6-16(14)12-21/h3-7,10-11H,8-9,12H2,1-2H3,(H,20,22). The van der Waals surface area contributed by atoms with Crippen molar-refractivity contribution in [2.75, 3.05) is 19.0 Å². The van der Waals surface area contributed by atoms with E-state index in [1.54, 1.807) is 31.4 Å². The summed E-state index contributed by atoms with van der Waals surface area (Å²) in [6.07, 6.45) is 0.809. The van der Waals surface area contributed by atoms with Crippen LogP contribution < -0.4 is 10.1 Å². The first-order valence-corrected chi connectivity index (χ1v) is 7.89. The smallest absolute Gasteiger partial charge is 0.254 e. The molecule has 5 nitrogen and oxygen atoms in total. The summed E-state index contributed by atoms with van der Waals surface area (Å²) in [7, 11) is 1.66. The van der Waals surface area contributed by atoms with Crippen LogP contribution in [0.3, 0.4) is 0 Å². The van der Waals surface area contributed by atoms with E-state index in [0.29, 0.717) is 24.3 Å². The van der Waals surface area contributed by atoms with Crippen molar-refractivity contribution in [2.24, 2.45) is 0 Å². The van der Waals surface area contributed by atoms with Gasteiger partial charge in [-0.3, -0.25) is 9.59 Å². The highest BCUT2D eigenvalue weighted by molar-refractivity contribution is 5.96. The molecule has 24 heavy (non-hydrogen) atoms. The number of nitrogens with one attached hydrogen (secondary N) is 1. The predicted molar refractivity (Wildman–Crippen MR) is 92.2 cm³/mol. The van der Waals surface area contributed by atoms with Gasteiger partial charge in [-0.25, -0.2) is 0 Å². The van der Waals surface area contributed by atoms with Gasteiger partial charge in [-0.2, -0.15) is 0 Å². The number of methoxy groups -OCH3 is 1. The minimum Gasteiger partial charge on any atom is -0.497 e. The van der Waals surface area contributed by atoms with E-state index in [2.05, 4.69) is 5.32 Å². The van der Waals surface area contributed by atoms with Crippen molar-refractivity contribution in [1.29, 1.82) is 0 Å². The zero-order valence-corrected chi connectivity index (χ0v) is 13.8. The fourth-order valence-corrected chi connectivity index (χ4v) is 2.95. The molecule has 0 unspecified atom stereocenters. The Kier molecular flexibility index (Phi) is 4.51. The van der Waals surface area contributed by atoms with Crippen LogP contribution in [0.2, 0.25) is 0 Å². The van der Waals surface area contributed by atoms with E-state index < -0.39 is 0 Å². The summed E-state index contributed by atoms with van der Waals surface area (Å²) in [4.78, 5) is 25.8. The van der Waals surface area contributed by atoms with E-state index in [-0.39, 0.29) is 11.8 Å². The van der Waals surface area contributed by atoms with Gasteiger partial charge >= 0.3 is 0 Å². The molecule has 2 aromatic carbocycles. The number of hydrogen-bond acceptors (Lipinski definition) is 3. The molecule has 124 valence electrons. The lowest BCUT2D eigenvalue weighted by molar-refractivity contribution is -0.114. The van der Waals surface area contributed by atoms with Crippen molar-refractivity contribution in [1.82, 2.24) is 4.90 Å². The number of nitrogens with zero attached hydrogens (tertiary/aromatic N) is 1. The maximum atomic E-state index is 12.8. The van der Waals surface area contributed by atoms with Gasteiger partial charge < -0.3 is 15.0 Å². The Labute approximate surface area is 141 Å². The fraction of sp³-hybridized carbons (Fsp3) is 0.263. The van der Waals surface area contributed by atoms with Gasteiger partial charge in [-0.05, 0) is 47.9 Å². The minimum atomic E-state index is -0.152. The average Bonchev–Trinajstić information content (AvgIpc) is 2.59. The van der Waals surface area contributed by atoms with Crippen LogP contribution in [0.25, 0.3) is 0 Å². The molecule has 0 radical (unpaired) electrons. The molecule has 3 rings (SSSR count). The highest BCUT2D eigenvalue weighted by atomic mass is 16.5. The molecule has 1 aliphatic heterocycles. The maximum Gasteiger partial charge on any atom is 0.254 e. The molecule has 0 fully saturated rings. The number of rotatable bonds is 3. The number of ether oxygens (including phenoxy) is 1. The number of carbonyl (C=O) groups excluding carboxylic acids is 2. The lowest BCUT2D eigenvalue weighted by Crippen LogP contribution is -2.36. The molecule has 1 N–H and O–H groups in total. The summed E-state index contributed by atoms with van der Waals surface area (Å²) in [5.41, 5.74) is 3.59. The lowest BCUT2D eigenvalue weighted by Gasteiger charge is -2.29.